The van der Waals surface area contributed by atoms with Gasteiger partial charge in [0, 0.05) is 18.0 Å². The second-order valence-electron chi connectivity index (χ2n) is 6.11. The lowest BCUT2D eigenvalue weighted by Gasteiger charge is -2.17. The first-order valence-corrected chi connectivity index (χ1v) is 7.53. The highest BCUT2D eigenvalue weighted by Gasteiger charge is 2.38. The lowest BCUT2D eigenvalue weighted by molar-refractivity contribution is 0.560. The molecule has 1 aliphatic rings. The highest BCUT2D eigenvalue weighted by atomic mass is 15.0. The number of hydrogen-bond acceptors (Lipinski definition) is 1. The van der Waals surface area contributed by atoms with Gasteiger partial charge in [0.15, 0.2) is 0 Å². The van der Waals surface area contributed by atoms with E-state index in [9.17, 15) is 0 Å². The zero-order valence-electron chi connectivity index (χ0n) is 12.6. The minimum atomic E-state index is 0.425. The Morgan fingerprint density at radius 2 is 1.80 bits per heavy atom. The monoisotopic (exact) mass is 265 g/mol. The molecule has 1 fully saturated rings. The van der Waals surface area contributed by atoms with Crippen LogP contribution >= 0.6 is 0 Å². The molecule has 0 aliphatic heterocycles. The fourth-order valence-corrected chi connectivity index (χ4v) is 3.09. The predicted octanol–water partition coefficient (Wildman–Crippen LogP) is 4.51. The van der Waals surface area contributed by atoms with Gasteiger partial charge in [-0.1, -0.05) is 54.1 Å². The van der Waals surface area contributed by atoms with Crippen molar-refractivity contribution in [2.75, 3.05) is 0 Å². The Labute approximate surface area is 122 Å². The number of benzene rings is 2. The maximum atomic E-state index is 3.79. The van der Waals surface area contributed by atoms with E-state index in [-0.39, 0.29) is 0 Å². The molecule has 2 aromatic rings. The van der Waals surface area contributed by atoms with Crippen LogP contribution in [-0.4, -0.2) is 6.04 Å². The summed E-state index contributed by atoms with van der Waals surface area (Å²) in [6.07, 6.45) is 1.26. The van der Waals surface area contributed by atoms with Crippen molar-refractivity contribution in [3.8, 4) is 0 Å². The first kappa shape index (κ1) is 13.4. The van der Waals surface area contributed by atoms with Gasteiger partial charge in [0.25, 0.3) is 0 Å². The number of nitrogens with one attached hydrogen (secondary N) is 1. The zero-order chi connectivity index (χ0) is 14.1. The fourth-order valence-electron chi connectivity index (χ4n) is 3.09. The summed E-state index contributed by atoms with van der Waals surface area (Å²) in [7, 11) is 0. The molecule has 0 saturated heterocycles. The molecule has 3 atom stereocenters. The van der Waals surface area contributed by atoms with E-state index in [1.807, 2.05) is 0 Å². The maximum absolute atomic E-state index is 3.79. The standard InChI is InChI=1S/C19H23N/c1-13-9-10-14(2)17(11-13)15(3)20-19-12-18(19)16-7-5-4-6-8-16/h4-11,15,18-20H,12H2,1-3H3. The average Bonchev–Trinajstić information content (AvgIpc) is 3.21. The van der Waals surface area contributed by atoms with Crippen molar-refractivity contribution in [2.45, 2.75) is 45.2 Å². The molecule has 2 aromatic carbocycles. The average molecular weight is 265 g/mol. The van der Waals surface area contributed by atoms with Gasteiger partial charge in [-0.15, -0.1) is 0 Å². The smallest absolute Gasteiger partial charge is 0.0297 e. The molecule has 1 N–H and O–H groups in total. The van der Waals surface area contributed by atoms with Crippen LogP contribution in [0.5, 0.6) is 0 Å². The normalized spacial score (nSPS) is 22.6. The summed E-state index contributed by atoms with van der Waals surface area (Å²) in [6.45, 7) is 6.65. The van der Waals surface area contributed by atoms with Crippen LogP contribution in [0.2, 0.25) is 0 Å². The van der Waals surface area contributed by atoms with Crippen molar-refractivity contribution in [2.24, 2.45) is 0 Å². The number of rotatable bonds is 4. The molecule has 1 aliphatic carbocycles. The molecule has 0 heterocycles. The Morgan fingerprint density at radius 3 is 2.55 bits per heavy atom. The quantitative estimate of drug-likeness (QED) is 0.857. The first-order chi connectivity index (χ1) is 9.65. The van der Waals surface area contributed by atoms with Crippen molar-refractivity contribution >= 4 is 0 Å². The lowest BCUT2D eigenvalue weighted by atomic mass is 10.00. The van der Waals surface area contributed by atoms with Crippen LogP contribution in [0.3, 0.4) is 0 Å². The van der Waals surface area contributed by atoms with E-state index >= 15 is 0 Å². The Kier molecular flexibility index (Phi) is 3.62. The van der Waals surface area contributed by atoms with E-state index in [0.29, 0.717) is 18.0 Å². The summed E-state index contributed by atoms with van der Waals surface area (Å²) in [5, 5.41) is 3.79. The fraction of sp³-hybridized carbons (Fsp3) is 0.368. The third-order valence-electron chi connectivity index (χ3n) is 4.38. The predicted molar refractivity (Wildman–Crippen MR) is 85.1 cm³/mol. The van der Waals surface area contributed by atoms with Gasteiger partial charge in [0.1, 0.15) is 0 Å². The van der Waals surface area contributed by atoms with Crippen LogP contribution < -0.4 is 5.32 Å². The molecule has 0 amide bonds. The number of hydrogen-bond donors (Lipinski definition) is 1. The molecule has 104 valence electrons. The molecular formula is C19H23N. The van der Waals surface area contributed by atoms with Crippen LogP contribution in [0.4, 0.5) is 0 Å². The highest BCUT2D eigenvalue weighted by Crippen LogP contribution is 2.42. The lowest BCUT2D eigenvalue weighted by Crippen LogP contribution is -2.22. The van der Waals surface area contributed by atoms with Crippen molar-refractivity contribution in [1.82, 2.24) is 5.32 Å². The highest BCUT2D eigenvalue weighted by molar-refractivity contribution is 5.34. The molecule has 1 saturated carbocycles. The molecule has 3 rings (SSSR count). The first-order valence-electron chi connectivity index (χ1n) is 7.53. The van der Waals surface area contributed by atoms with E-state index in [2.05, 4.69) is 74.6 Å². The van der Waals surface area contributed by atoms with Crippen molar-refractivity contribution in [3.05, 3.63) is 70.8 Å². The molecular weight excluding hydrogens is 242 g/mol. The van der Waals surface area contributed by atoms with E-state index < -0.39 is 0 Å². The van der Waals surface area contributed by atoms with Crippen molar-refractivity contribution in [3.63, 3.8) is 0 Å². The zero-order valence-corrected chi connectivity index (χ0v) is 12.6. The topological polar surface area (TPSA) is 12.0 Å². The molecule has 1 nitrogen and oxygen atoms in total. The van der Waals surface area contributed by atoms with Crippen LogP contribution in [0.25, 0.3) is 0 Å². The SMILES string of the molecule is Cc1ccc(C)c(C(C)NC2CC2c2ccccc2)c1. The third-order valence-corrected chi connectivity index (χ3v) is 4.38. The Hall–Kier alpha value is -1.60. The van der Waals surface area contributed by atoms with Crippen LogP contribution in [0.1, 0.15) is 47.6 Å². The largest absolute Gasteiger partial charge is 0.307 e. The Balaban J connectivity index is 1.66. The second kappa shape index (κ2) is 5.41. The van der Waals surface area contributed by atoms with Gasteiger partial charge < -0.3 is 5.32 Å². The molecule has 0 spiro atoms. The van der Waals surface area contributed by atoms with Crippen LogP contribution in [0, 0.1) is 13.8 Å². The molecule has 20 heavy (non-hydrogen) atoms. The van der Waals surface area contributed by atoms with Crippen molar-refractivity contribution < 1.29 is 0 Å². The molecule has 0 bridgehead atoms. The van der Waals surface area contributed by atoms with E-state index in [4.69, 9.17) is 0 Å². The summed E-state index contributed by atoms with van der Waals surface area (Å²) in [6, 6.07) is 18.6. The van der Waals surface area contributed by atoms with Gasteiger partial charge in [-0.25, -0.2) is 0 Å². The Bertz CT molecular complexity index is 588. The van der Waals surface area contributed by atoms with Gasteiger partial charge >= 0.3 is 0 Å². The van der Waals surface area contributed by atoms with Gasteiger partial charge in [-0.05, 0) is 43.9 Å². The van der Waals surface area contributed by atoms with Crippen LogP contribution in [0.15, 0.2) is 48.5 Å². The summed E-state index contributed by atoms with van der Waals surface area (Å²) in [5.41, 5.74) is 5.63. The Morgan fingerprint density at radius 1 is 1.05 bits per heavy atom. The molecule has 0 aromatic heterocycles. The maximum Gasteiger partial charge on any atom is 0.0297 e. The minimum Gasteiger partial charge on any atom is -0.307 e. The molecule has 1 heteroatoms. The van der Waals surface area contributed by atoms with Gasteiger partial charge in [0.2, 0.25) is 0 Å². The molecule has 3 unspecified atom stereocenters. The van der Waals surface area contributed by atoms with Crippen LogP contribution in [-0.2, 0) is 0 Å². The third kappa shape index (κ3) is 2.78. The van der Waals surface area contributed by atoms with Gasteiger partial charge in [-0.2, -0.15) is 0 Å². The minimum absolute atomic E-state index is 0.425. The summed E-state index contributed by atoms with van der Waals surface area (Å²) >= 11 is 0. The van der Waals surface area contributed by atoms with E-state index in [0.717, 1.165) is 0 Å². The van der Waals surface area contributed by atoms with E-state index in [1.165, 1.54) is 28.7 Å². The second-order valence-corrected chi connectivity index (χ2v) is 6.11. The van der Waals surface area contributed by atoms with Crippen molar-refractivity contribution in [1.29, 1.82) is 0 Å². The molecule has 0 radical (unpaired) electrons. The summed E-state index contributed by atoms with van der Waals surface area (Å²) in [5.74, 6) is 0.698. The van der Waals surface area contributed by atoms with Gasteiger partial charge in [-0.3, -0.25) is 0 Å². The summed E-state index contributed by atoms with van der Waals surface area (Å²) in [4.78, 5) is 0. The van der Waals surface area contributed by atoms with Gasteiger partial charge in [0.05, 0.1) is 0 Å². The number of aryl methyl sites for hydroxylation is 2. The van der Waals surface area contributed by atoms with E-state index in [1.54, 1.807) is 0 Å². The summed E-state index contributed by atoms with van der Waals surface area (Å²) < 4.78 is 0.